The highest BCUT2D eigenvalue weighted by molar-refractivity contribution is 7.90. The van der Waals surface area contributed by atoms with Crippen molar-refractivity contribution in [2.75, 3.05) is 19.3 Å². The summed E-state index contributed by atoms with van der Waals surface area (Å²) >= 11 is 0. The monoisotopic (exact) mass is 379 g/mol. The van der Waals surface area contributed by atoms with Crippen LogP contribution in [-0.2, 0) is 24.7 Å². The minimum Gasteiger partial charge on any atom is -0.481 e. The molecule has 0 amide bonds. The SMILES string of the molecule is CC1CC(C(=O)O)CN(S(=O)(=O)c2ccc(S(C)(=O)=O)c(F)c2)C1. The average molecular weight is 379 g/mol. The van der Waals surface area contributed by atoms with Gasteiger partial charge in [-0.05, 0) is 30.5 Å². The Balaban J connectivity index is 2.40. The van der Waals surface area contributed by atoms with E-state index in [2.05, 4.69) is 0 Å². The van der Waals surface area contributed by atoms with Crippen molar-refractivity contribution in [1.29, 1.82) is 0 Å². The van der Waals surface area contributed by atoms with Crippen LogP contribution < -0.4 is 0 Å². The van der Waals surface area contributed by atoms with Gasteiger partial charge in [-0.15, -0.1) is 0 Å². The fourth-order valence-corrected chi connectivity index (χ4v) is 5.12. The van der Waals surface area contributed by atoms with E-state index < -0.39 is 47.4 Å². The van der Waals surface area contributed by atoms with Gasteiger partial charge in [0.25, 0.3) is 0 Å². The number of halogens is 1. The molecule has 2 unspecified atom stereocenters. The van der Waals surface area contributed by atoms with Gasteiger partial charge in [0.05, 0.1) is 10.8 Å². The summed E-state index contributed by atoms with van der Waals surface area (Å²) < 4.78 is 63.1. The van der Waals surface area contributed by atoms with E-state index in [9.17, 15) is 26.0 Å². The van der Waals surface area contributed by atoms with Crippen molar-refractivity contribution in [3.8, 4) is 0 Å². The van der Waals surface area contributed by atoms with Crippen LogP contribution in [-0.4, -0.2) is 51.6 Å². The van der Waals surface area contributed by atoms with Crippen molar-refractivity contribution in [3.63, 3.8) is 0 Å². The van der Waals surface area contributed by atoms with E-state index in [1.165, 1.54) is 0 Å². The number of carboxylic acids is 1. The Morgan fingerprint density at radius 1 is 1.25 bits per heavy atom. The number of sulfone groups is 1. The maximum Gasteiger partial charge on any atom is 0.307 e. The molecule has 134 valence electrons. The maximum atomic E-state index is 14.0. The highest BCUT2D eigenvalue weighted by atomic mass is 32.2. The Morgan fingerprint density at radius 3 is 2.38 bits per heavy atom. The maximum absolute atomic E-state index is 14.0. The fourth-order valence-electron chi connectivity index (χ4n) is 2.77. The summed E-state index contributed by atoms with van der Waals surface area (Å²) in [5.74, 6) is -3.22. The molecule has 24 heavy (non-hydrogen) atoms. The highest BCUT2D eigenvalue weighted by Crippen LogP contribution is 2.28. The Hall–Kier alpha value is -1.52. The molecule has 7 nitrogen and oxygen atoms in total. The second-order valence-corrected chi connectivity index (χ2v) is 9.98. The summed E-state index contributed by atoms with van der Waals surface area (Å²) in [6, 6.07) is 2.57. The summed E-state index contributed by atoms with van der Waals surface area (Å²) in [5, 5.41) is 9.13. The van der Waals surface area contributed by atoms with Crippen molar-refractivity contribution in [2.24, 2.45) is 11.8 Å². The zero-order valence-corrected chi connectivity index (χ0v) is 14.8. The Morgan fingerprint density at radius 2 is 1.88 bits per heavy atom. The van der Waals surface area contributed by atoms with Crippen LogP contribution in [0.15, 0.2) is 28.0 Å². The number of sulfonamides is 1. The summed E-state index contributed by atoms with van der Waals surface area (Å²) in [6.45, 7) is 1.67. The number of hydrogen-bond acceptors (Lipinski definition) is 5. The number of piperidine rings is 1. The number of rotatable bonds is 4. The molecule has 0 saturated carbocycles. The lowest BCUT2D eigenvalue weighted by atomic mass is 9.92. The van der Waals surface area contributed by atoms with E-state index in [4.69, 9.17) is 5.11 Å². The Kier molecular flexibility index (Phi) is 5.03. The van der Waals surface area contributed by atoms with Crippen molar-refractivity contribution in [3.05, 3.63) is 24.0 Å². The van der Waals surface area contributed by atoms with Crippen LogP contribution >= 0.6 is 0 Å². The lowest BCUT2D eigenvalue weighted by molar-refractivity contribution is -0.143. The lowest BCUT2D eigenvalue weighted by Gasteiger charge is -2.33. The third-order valence-electron chi connectivity index (χ3n) is 3.92. The average Bonchev–Trinajstić information content (AvgIpc) is 2.45. The number of nitrogens with zero attached hydrogens (tertiary/aromatic N) is 1. The number of benzene rings is 1. The first-order chi connectivity index (χ1) is 10.9. The molecule has 1 aromatic carbocycles. The Labute approximate surface area is 140 Å². The standard InChI is InChI=1S/C14H18FNO6S2/c1-9-5-10(14(17)18)8-16(7-9)24(21,22)11-3-4-13(12(15)6-11)23(2,19)20/h3-4,6,9-10H,5,7-8H2,1-2H3,(H,17,18). The van der Waals surface area contributed by atoms with E-state index in [1.54, 1.807) is 6.92 Å². The zero-order valence-electron chi connectivity index (χ0n) is 13.1. The van der Waals surface area contributed by atoms with E-state index in [0.29, 0.717) is 12.5 Å². The van der Waals surface area contributed by atoms with Crippen molar-refractivity contribution in [1.82, 2.24) is 4.31 Å². The van der Waals surface area contributed by atoms with Crippen LogP contribution in [0.5, 0.6) is 0 Å². The predicted molar refractivity (Wildman–Crippen MR) is 83.2 cm³/mol. The van der Waals surface area contributed by atoms with Crippen molar-refractivity contribution in [2.45, 2.75) is 23.1 Å². The highest BCUT2D eigenvalue weighted by Gasteiger charge is 2.36. The molecule has 0 radical (unpaired) electrons. The van der Waals surface area contributed by atoms with Crippen LogP contribution in [0.3, 0.4) is 0 Å². The summed E-state index contributed by atoms with van der Waals surface area (Å²) in [4.78, 5) is 10.2. The van der Waals surface area contributed by atoms with E-state index in [1.807, 2.05) is 0 Å². The van der Waals surface area contributed by atoms with Gasteiger partial charge in [-0.3, -0.25) is 4.79 Å². The first-order valence-electron chi connectivity index (χ1n) is 7.15. The quantitative estimate of drug-likeness (QED) is 0.835. The van der Waals surface area contributed by atoms with Crippen molar-refractivity contribution >= 4 is 25.8 Å². The van der Waals surface area contributed by atoms with Crippen LogP contribution in [0.1, 0.15) is 13.3 Å². The molecule has 1 heterocycles. The first kappa shape index (κ1) is 18.8. The van der Waals surface area contributed by atoms with Gasteiger partial charge in [0.1, 0.15) is 10.7 Å². The Bertz CT molecular complexity index is 865. The van der Waals surface area contributed by atoms with E-state index in [0.717, 1.165) is 22.7 Å². The molecule has 1 aromatic rings. The molecule has 0 spiro atoms. The number of carbonyl (C=O) groups is 1. The fraction of sp³-hybridized carbons (Fsp3) is 0.500. The minimum absolute atomic E-state index is 0.127. The minimum atomic E-state index is -4.11. The van der Waals surface area contributed by atoms with Crippen LogP contribution in [0.4, 0.5) is 4.39 Å². The molecule has 10 heteroatoms. The summed E-state index contributed by atoms with van der Waals surface area (Å²) in [7, 11) is -7.92. The molecule has 2 rings (SSSR count). The molecular formula is C14H18FNO6S2. The van der Waals surface area contributed by atoms with Gasteiger partial charge in [-0.1, -0.05) is 6.92 Å². The predicted octanol–water partition coefficient (Wildman–Crippen LogP) is 0.961. The summed E-state index contributed by atoms with van der Waals surface area (Å²) in [5.41, 5.74) is 0. The topological polar surface area (TPSA) is 109 Å². The van der Waals surface area contributed by atoms with Crippen LogP contribution in [0.25, 0.3) is 0 Å². The smallest absolute Gasteiger partial charge is 0.307 e. The third kappa shape index (κ3) is 3.76. The van der Waals surface area contributed by atoms with Gasteiger partial charge in [0, 0.05) is 19.3 Å². The number of aliphatic carboxylic acids is 1. The van der Waals surface area contributed by atoms with Gasteiger partial charge in [0.15, 0.2) is 9.84 Å². The second kappa shape index (κ2) is 6.41. The molecule has 1 saturated heterocycles. The molecule has 2 atom stereocenters. The molecule has 0 bridgehead atoms. The van der Waals surface area contributed by atoms with Crippen LogP contribution in [0.2, 0.25) is 0 Å². The van der Waals surface area contributed by atoms with Gasteiger partial charge in [-0.2, -0.15) is 4.31 Å². The zero-order chi connectivity index (χ0) is 18.3. The largest absolute Gasteiger partial charge is 0.481 e. The number of carboxylic acid groups (broad SMARTS) is 1. The van der Waals surface area contributed by atoms with E-state index >= 15 is 0 Å². The normalized spacial score (nSPS) is 23.1. The number of hydrogen-bond donors (Lipinski definition) is 1. The molecule has 0 aromatic heterocycles. The molecule has 0 aliphatic carbocycles. The van der Waals surface area contributed by atoms with Crippen molar-refractivity contribution < 1.29 is 31.1 Å². The third-order valence-corrected chi connectivity index (χ3v) is 6.87. The van der Waals surface area contributed by atoms with Gasteiger partial charge in [0.2, 0.25) is 10.0 Å². The van der Waals surface area contributed by atoms with Crippen LogP contribution in [0, 0.1) is 17.7 Å². The van der Waals surface area contributed by atoms with Gasteiger partial charge < -0.3 is 5.11 Å². The lowest BCUT2D eigenvalue weighted by Crippen LogP contribution is -2.45. The molecule has 1 aliphatic rings. The first-order valence-corrected chi connectivity index (χ1v) is 10.5. The molecule has 1 N–H and O–H groups in total. The summed E-state index contributed by atoms with van der Waals surface area (Å²) in [6.07, 6.45) is 1.19. The van der Waals surface area contributed by atoms with E-state index in [-0.39, 0.29) is 19.0 Å². The molecule has 1 fully saturated rings. The second-order valence-electron chi connectivity index (χ2n) is 6.06. The van der Waals surface area contributed by atoms with Gasteiger partial charge in [-0.25, -0.2) is 21.2 Å². The molecule has 1 aliphatic heterocycles. The van der Waals surface area contributed by atoms with Gasteiger partial charge >= 0.3 is 5.97 Å². The molecular weight excluding hydrogens is 361 g/mol.